The van der Waals surface area contributed by atoms with E-state index in [9.17, 15) is 0 Å². The van der Waals surface area contributed by atoms with E-state index >= 15 is 0 Å². The van der Waals surface area contributed by atoms with Gasteiger partial charge in [0.1, 0.15) is 0 Å². The third-order valence-corrected chi connectivity index (χ3v) is 4.44. The van der Waals surface area contributed by atoms with E-state index in [1.165, 1.54) is 44.2 Å². The van der Waals surface area contributed by atoms with Crippen molar-refractivity contribution in [2.45, 2.75) is 38.1 Å². The first-order valence-corrected chi connectivity index (χ1v) is 7.17. The van der Waals surface area contributed by atoms with E-state index in [2.05, 4.69) is 23.5 Å². The Balaban J connectivity index is 1.50. The number of nitrogens with one attached hydrogen (secondary N) is 1. The topological polar surface area (TPSA) is 12.0 Å². The fourth-order valence-electron chi connectivity index (χ4n) is 2.75. The predicted octanol–water partition coefficient (Wildman–Crippen LogP) is 3.66. The Labute approximate surface area is 109 Å². The van der Waals surface area contributed by atoms with Crippen LogP contribution in [0.15, 0.2) is 24.3 Å². The minimum absolute atomic E-state index is 0.849. The van der Waals surface area contributed by atoms with Crippen LogP contribution in [0.4, 0.5) is 0 Å². The number of hydrogen-bond donors (Lipinski definition) is 1. The third-order valence-electron chi connectivity index (χ3n) is 4.21. The summed E-state index contributed by atoms with van der Waals surface area (Å²) in [5.41, 5.74) is 1.40. The van der Waals surface area contributed by atoms with Crippen LogP contribution in [0.25, 0.3) is 0 Å². The van der Waals surface area contributed by atoms with Crippen LogP contribution < -0.4 is 5.32 Å². The molecule has 0 aromatic heterocycles. The smallest absolute Gasteiger partial charge is 0.0408 e. The molecule has 0 bridgehead atoms. The van der Waals surface area contributed by atoms with Gasteiger partial charge in [-0.15, -0.1) is 0 Å². The van der Waals surface area contributed by atoms with E-state index in [0.29, 0.717) is 0 Å². The normalized spacial score (nSPS) is 27.8. The lowest BCUT2D eigenvalue weighted by molar-refractivity contribution is 0.170. The summed E-state index contributed by atoms with van der Waals surface area (Å²) < 4.78 is 0. The molecule has 3 rings (SSSR count). The zero-order valence-corrected chi connectivity index (χ0v) is 10.9. The van der Waals surface area contributed by atoms with Crippen molar-refractivity contribution >= 4 is 11.6 Å². The number of halogens is 1. The van der Waals surface area contributed by atoms with E-state index in [1.807, 2.05) is 6.07 Å². The quantitative estimate of drug-likeness (QED) is 0.840. The molecule has 1 aromatic rings. The second-order valence-electron chi connectivity index (χ2n) is 5.61. The molecule has 0 saturated heterocycles. The van der Waals surface area contributed by atoms with Crippen molar-refractivity contribution in [2.24, 2.45) is 11.8 Å². The van der Waals surface area contributed by atoms with Gasteiger partial charge < -0.3 is 5.32 Å². The van der Waals surface area contributed by atoms with E-state index < -0.39 is 0 Å². The van der Waals surface area contributed by atoms with Crippen molar-refractivity contribution in [1.29, 1.82) is 0 Å². The first kappa shape index (κ1) is 11.6. The van der Waals surface area contributed by atoms with Gasteiger partial charge in [-0.1, -0.05) is 23.7 Å². The Kier molecular flexibility index (Phi) is 3.39. The van der Waals surface area contributed by atoms with Gasteiger partial charge in [0.2, 0.25) is 0 Å². The monoisotopic (exact) mass is 249 g/mol. The molecule has 2 aliphatic rings. The second kappa shape index (κ2) is 4.99. The Morgan fingerprint density at radius 1 is 1.12 bits per heavy atom. The van der Waals surface area contributed by atoms with Crippen LogP contribution in [0.5, 0.6) is 0 Å². The van der Waals surface area contributed by atoms with Crippen LogP contribution in [-0.2, 0) is 6.42 Å². The van der Waals surface area contributed by atoms with Gasteiger partial charge in [-0.3, -0.25) is 0 Å². The third kappa shape index (κ3) is 3.02. The molecule has 0 radical (unpaired) electrons. The van der Waals surface area contributed by atoms with Crippen LogP contribution in [0.3, 0.4) is 0 Å². The average molecular weight is 250 g/mol. The first-order chi connectivity index (χ1) is 8.31. The Morgan fingerprint density at radius 3 is 2.59 bits per heavy atom. The standard InChI is InChI=1S/C15H20ClN/c16-14-3-1-2-11(9-14)8-12-4-5-13(12)10-17-15-6-7-15/h1-3,9,12-13,15,17H,4-8,10H2. The van der Waals surface area contributed by atoms with Crippen molar-refractivity contribution in [3.8, 4) is 0 Å². The molecular formula is C15H20ClN. The van der Waals surface area contributed by atoms with Crippen LogP contribution in [0, 0.1) is 11.8 Å². The summed E-state index contributed by atoms with van der Waals surface area (Å²) in [4.78, 5) is 0. The molecule has 0 spiro atoms. The van der Waals surface area contributed by atoms with Gasteiger partial charge in [-0.05, 0) is 68.2 Å². The average Bonchev–Trinajstić information content (AvgIpc) is 3.09. The lowest BCUT2D eigenvalue weighted by Crippen LogP contribution is -2.37. The lowest BCUT2D eigenvalue weighted by atomic mass is 9.70. The van der Waals surface area contributed by atoms with Crippen LogP contribution >= 0.6 is 11.6 Å². The summed E-state index contributed by atoms with van der Waals surface area (Å²) >= 11 is 6.02. The van der Waals surface area contributed by atoms with Gasteiger partial charge >= 0.3 is 0 Å². The SMILES string of the molecule is Clc1cccc(CC2CCC2CNC2CC2)c1. The zero-order valence-electron chi connectivity index (χ0n) is 10.2. The number of rotatable bonds is 5. The molecule has 2 atom stereocenters. The maximum absolute atomic E-state index is 6.02. The summed E-state index contributed by atoms with van der Waals surface area (Å²) in [5, 5.41) is 4.53. The second-order valence-corrected chi connectivity index (χ2v) is 6.05. The highest BCUT2D eigenvalue weighted by molar-refractivity contribution is 6.30. The summed E-state index contributed by atoms with van der Waals surface area (Å²) in [5.74, 6) is 1.77. The molecule has 1 aromatic carbocycles. The lowest BCUT2D eigenvalue weighted by Gasteiger charge is -2.37. The maximum atomic E-state index is 6.02. The molecule has 1 nitrogen and oxygen atoms in total. The van der Waals surface area contributed by atoms with E-state index in [0.717, 1.165) is 22.9 Å². The van der Waals surface area contributed by atoms with Crippen LogP contribution in [0.2, 0.25) is 5.02 Å². The summed E-state index contributed by atoms with van der Waals surface area (Å²) in [6.07, 6.45) is 6.80. The molecule has 1 N–H and O–H groups in total. The van der Waals surface area contributed by atoms with Gasteiger partial charge in [0.05, 0.1) is 0 Å². The largest absolute Gasteiger partial charge is 0.314 e. The molecule has 92 valence electrons. The minimum atomic E-state index is 0.849. The Bertz CT molecular complexity index is 386. The zero-order chi connectivity index (χ0) is 11.7. The Morgan fingerprint density at radius 2 is 1.94 bits per heavy atom. The van der Waals surface area contributed by atoms with Gasteiger partial charge in [-0.25, -0.2) is 0 Å². The van der Waals surface area contributed by atoms with Gasteiger partial charge in [0.15, 0.2) is 0 Å². The minimum Gasteiger partial charge on any atom is -0.314 e. The van der Waals surface area contributed by atoms with E-state index in [-0.39, 0.29) is 0 Å². The molecule has 17 heavy (non-hydrogen) atoms. The van der Waals surface area contributed by atoms with Crippen LogP contribution in [-0.4, -0.2) is 12.6 Å². The fourth-order valence-corrected chi connectivity index (χ4v) is 2.96. The van der Waals surface area contributed by atoms with Crippen molar-refractivity contribution in [3.63, 3.8) is 0 Å². The summed E-state index contributed by atoms with van der Waals surface area (Å²) in [6.45, 7) is 1.23. The van der Waals surface area contributed by atoms with Crippen LogP contribution in [0.1, 0.15) is 31.2 Å². The van der Waals surface area contributed by atoms with Gasteiger partial charge in [0.25, 0.3) is 0 Å². The van der Waals surface area contributed by atoms with E-state index in [1.54, 1.807) is 0 Å². The maximum Gasteiger partial charge on any atom is 0.0408 e. The number of benzene rings is 1. The molecule has 2 unspecified atom stereocenters. The predicted molar refractivity (Wildman–Crippen MR) is 72.4 cm³/mol. The van der Waals surface area contributed by atoms with Crippen molar-refractivity contribution in [2.75, 3.05) is 6.54 Å². The summed E-state index contributed by atoms with van der Waals surface area (Å²) in [7, 11) is 0. The highest BCUT2D eigenvalue weighted by atomic mass is 35.5. The molecule has 0 amide bonds. The highest BCUT2D eigenvalue weighted by Crippen LogP contribution is 2.37. The summed E-state index contributed by atoms with van der Waals surface area (Å²) in [6, 6.07) is 9.19. The van der Waals surface area contributed by atoms with E-state index in [4.69, 9.17) is 11.6 Å². The Hall–Kier alpha value is -0.530. The van der Waals surface area contributed by atoms with Gasteiger partial charge in [-0.2, -0.15) is 0 Å². The molecule has 2 saturated carbocycles. The molecule has 2 heteroatoms. The molecule has 2 fully saturated rings. The number of hydrogen-bond acceptors (Lipinski definition) is 1. The van der Waals surface area contributed by atoms with Crippen molar-refractivity contribution in [3.05, 3.63) is 34.9 Å². The van der Waals surface area contributed by atoms with Gasteiger partial charge in [0, 0.05) is 11.1 Å². The fraction of sp³-hybridized carbons (Fsp3) is 0.600. The first-order valence-electron chi connectivity index (χ1n) is 6.79. The van der Waals surface area contributed by atoms with Crippen molar-refractivity contribution < 1.29 is 0 Å². The molecule has 0 heterocycles. The molecule has 2 aliphatic carbocycles. The molecule has 0 aliphatic heterocycles. The highest BCUT2D eigenvalue weighted by Gasteiger charge is 2.32. The van der Waals surface area contributed by atoms with Crippen molar-refractivity contribution in [1.82, 2.24) is 5.32 Å². The molecular weight excluding hydrogens is 230 g/mol.